The van der Waals surface area contributed by atoms with Crippen molar-refractivity contribution in [2.45, 2.75) is 44.9 Å². The van der Waals surface area contributed by atoms with Crippen LogP contribution in [0.1, 0.15) is 52.9 Å². The van der Waals surface area contributed by atoms with Gasteiger partial charge in [-0.3, -0.25) is 24.7 Å². The first-order valence-corrected chi connectivity index (χ1v) is 11.6. The molecule has 0 bridgehead atoms. The molecule has 0 aliphatic carbocycles. The number of aromatic nitrogens is 1. The van der Waals surface area contributed by atoms with Gasteiger partial charge < -0.3 is 15.3 Å². The molecule has 3 N–H and O–H groups in total. The van der Waals surface area contributed by atoms with Crippen molar-refractivity contribution in [1.82, 2.24) is 20.5 Å². The second-order valence-corrected chi connectivity index (χ2v) is 9.02. The quantitative estimate of drug-likeness (QED) is 0.478. The first-order chi connectivity index (χ1) is 16.9. The molecule has 2 unspecified atom stereocenters. The Hall–Kier alpha value is -4.04. The summed E-state index contributed by atoms with van der Waals surface area (Å²) < 4.78 is 0. The van der Waals surface area contributed by atoms with E-state index in [1.165, 1.54) is 0 Å². The summed E-state index contributed by atoms with van der Waals surface area (Å²) in [6.07, 6.45) is 2.35. The smallest absolute Gasteiger partial charge is 0.255 e. The van der Waals surface area contributed by atoms with Gasteiger partial charge in [0.25, 0.3) is 5.91 Å². The second-order valence-electron chi connectivity index (χ2n) is 9.02. The van der Waals surface area contributed by atoms with Crippen LogP contribution in [-0.4, -0.2) is 38.8 Å². The van der Waals surface area contributed by atoms with Gasteiger partial charge in [-0.15, -0.1) is 0 Å². The Labute approximate surface area is 203 Å². The van der Waals surface area contributed by atoms with E-state index in [1.807, 2.05) is 36.4 Å². The predicted molar refractivity (Wildman–Crippen MR) is 129 cm³/mol. The zero-order valence-corrected chi connectivity index (χ0v) is 19.3. The molecule has 2 aliphatic heterocycles. The lowest BCUT2D eigenvalue weighted by molar-refractivity contribution is -0.136. The number of hydrogen-bond donors (Lipinski definition) is 3. The first-order valence-electron chi connectivity index (χ1n) is 11.6. The van der Waals surface area contributed by atoms with Gasteiger partial charge >= 0.3 is 0 Å². The number of hydrogen-bond acceptors (Lipinski definition) is 6. The number of aromatic hydroxyl groups is 1. The van der Waals surface area contributed by atoms with E-state index in [0.29, 0.717) is 25.1 Å². The number of imide groups is 1. The van der Waals surface area contributed by atoms with Crippen molar-refractivity contribution in [3.63, 3.8) is 0 Å². The molecule has 0 radical (unpaired) electrons. The van der Waals surface area contributed by atoms with E-state index >= 15 is 0 Å². The van der Waals surface area contributed by atoms with E-state index in [2.05, 4.69) is 22.5 Å². The number of pyridine rings is 1. The Balaban J connectivity index is 1.29. The average molecular weight is 471 g/mol. The van der Waals surface area contributed by atoms with Crippen LogP contribution in [0.3, 0.4) is 0 Å². The molecule has 0 saturated carbocycles. The van der Waals surface area contributed by atoms with Crippen molar-refractivity contribution in [3.05, 3.63) is 83.0 Å². The third-order valence-corrected chi connectivity index (χ3v) is 6.65. The van der Waals surface area contributed by atoms with E-state index in [1.54, 1.807) is 29.3 Å². The summed E-state index contributed by atoms with van der Waals surface area (Å²) >= 11 is 0. The summed E-state index contributed by atoms with van der Waals surface area (Å²) in [6, 6.07) is 16.2. The molecule has 1 aromatic heterocycles. The number of carbonyl (C=O) groups is 3. The standard InChI is InChI=1S/C27H26N4O4/c1-16(18-2-5-21(32)6-3-18)29-14-17-10-11-28-23(12-17)19-4-7-22-20(13-19)15-31(27(22)35)24-8-9-25(33)30-26(24)34/h2-7,10-13,16,24,29,32H,8-9,14-15H2,1H3,(H,30,33,34). The number of fused-ring (bicyclic) bond motifs is 1. The lowest BCUT2D eigenvalue weighted by Gasteiger charge is -2.29. The number of nitrogens with one attached hydrogen (secondary N) is 2. The van der Waals surface area contributed by atoms with Crippen molar-refractivity contribution >= 4 is 17.7 Å². The van der Waals surface area contributed by atoms with Crippen LogP contribution in [-0.2, 0) is 22.7 Å². The molecule has 3 heterocycles. The van der Waals surface area contributed by atoms with Crippen LogP contribution in [0.2, 0.25) is 0 Å². The summed E-state index contributed by atoms with van der Waals surface area (Å²) in [4.78, 5) is 42.8. The van der Waals surface area contributed by atoms with E-state index in [4.69, 9.17) is 0 Å². The van der Waals surface area contributed by atoms with E-state index in [9.17, 15) is 19.5 Å². The zero-order chi connectivity index (χ0) is 24.5. The minimum absolute atomic E-state index is 0.108. The third-order valence-electron chi connectivity index (χ3n) is 6.65. The van der Waals surface area contributed by atoms with Crippen LogP contribution >= 0.6 is 0 Å². The molecule has 35 heavy (non-hydrogen) atoms. The molecule has 3 amide bonds. The second kappa shape index (κ2) is 9.31. The highest BCUT2D eigenvalue weighted by molar-refractivity contribution is 6.05. The van der Waals surface area contributed by atoms with E-state index in [-0.39, 0.29) is 30.0 Å². The molecule has 8 heteroatoms. The van der Waals surface area contributed by atoms with Crippen LogP contribution in [0.25, 0.3) is 11.3 Å². The van der Waals surface area contributed by atoms with Crippen molar-refractivity contribution in [1.29, 1.82) is 0 Å². The molecular weight excluding hydrogens is 444 g/mol. The van der Waals surface area contributed by atoms with Crippen LogP contribution in [0.4, 0.5) is 0 Å². The monoisotopic (exact) mass is 470 g/mol. The Bertz CT molecular complexity index is 1300. The van der Waals surface area contributed by atoms with Crippen molar-refractivity contribution in [2.75, 3.05) is 0 Å². The number of amides is 3. The summed E-state index contributed by atoms with van der Waals surface area (Å²) in [5.74, 6) is -0.646. The number of nitrogens with zero attached hydrogens (tertiary/aromatic N) is 2. The Kier molecular flexibility index (Phi) is 6.05. The van der Waals surface area contributed by atoms with Gasteiger partial charge in [0.15, 0.2) is 0 Å². The number of piperidine rings is 1. The Morgan fingerprint density at radius 1 is 1.11 bits per heavy atom. The van der Waals surface area contributed by atoms with Gasteiger partial charge in [0.2, 0.25) is 11.8 Å². The van der Waals surface area contributed by atoms with Crippen molar-refractivity contribution in [3.8, 4) is 17.0 Å². The Morgan fingerprint density at radius 2 is 1.91 bits per heavy atom. The van der Waals surface area contributed by atoms with Gasteiger partial charge in [-0.25, -0.2) is 0 Å². The molecular formula is C27H26N4O4. The van der Waals surface area contributed by atoms with Gasteiger partial charge in [0.1, 0.15) is 11.8 Å². The molecule has 2 atom stereocenters. The molecule has 0 spiro atoms. The lowest BCUT2D eigenvalue weighted by atomic mass is 10.0. The van der Waals surface area contributed by atoms with Gasteiger partial charge in [0.05, 0.1) is 5.69 Å². The highest BCUT2D eigenvalue weighted by Gasteiger charge is 2.39. The summed E-state index contributed by atoms with van der Waals surface area (Å²) in [5.41, 5.74) is 5.29. The normalized spacial score (nSPS) is 18.4. The van der Waals surface area contributed by atoms with Crippen LogP contribution in [0, 0.1) is 0 Å². The number of phenolic OH excluding ortho intramolecular Hbond substituents is 1. The molecule has 2 aromatic carbocycles. The summed E-state index contributed by atoms with van der Waals surface area (Å²) in [5, 5.41) is 15.3. The molecule has 1 fully saturated rings. The minimum Gasteiger partial charge on any atom is -0.508 e. The van der Waals surface area contributed by atoms with Crippen LogP contribution in [0.5, 0.6) is 5.75 Å². The highest BCUT2D eigenvalue weighted by Crippen LogP contribution is 2.31. The topological polar surface area (TPSA) is 112 Å². The zero-order valence-electron chi connectivity index (χ0n) is 19.3. The van der Waals surface area contributed by atoms with Crippen molar-refractivity contribution < 1.29 is 19.5 Å². The minimum atomic E-state index is -0.626. The SMILES string of the molecule is CC(NCc1ccnc(-c2ccc3c(c2)CN(C2CCC(=O)NC2=O)C3=O)c1)c1ccc(O)cc1. The number of rotatable bonds is 6. The maximum atomic E-state index is 12.9. The average Bonchev–Trinajstić information content (AvgIpc) is 3.18. The van der Waals surface area contributed by atoms with Crippen LogP contribution < -0.4 is 10.6 Å². The number of phenols is 1. The van der Waals surface area contributed by atoms with Crippen molar-refractivity contribution in [2.24, 2.45) is 0 Å². The maximum Gasteiger partial charge on any atom is 0.255 e. The Morgan fingerprint density at radius 3 is 2.69 bits per heavy atom. The summed E-state index contributed by atoms with van der Waals surface area (Å²) in [6.45, 7) is 3.05. The number of carbonyl (C=O) groups excluding carboxylic acids is 3. The fourth-order valence-corrected chi connectivity index (χ4v) is 4.63. The van der Waals surface area contributed by atoms with Crippen LogP contribution in [0.15, 0.2) is 60.8 Å². The molecule has 178 valence electrons. The van der Waals surface area contributed by atoms with Gasteiger partial charge in [-0.05, 0) is 66.4 Å². The van der Waals surface area contributed by atoms with E-state index < -0.39 is 11.9 Å². The van der Waals surface area contributed by atoms with Gasteiger partial charge in [-0.1, -0.05) is 18.2 Å². The molecule has 8 nitrogen and oxygen atoms in total. The molecule has 5 rings (SSSR count). The molecule has 1 saturated heterocycles. The largest absolute Gasteiger partial charge is 0.508 e. The van der Waals surface area contributed by atoms with Gasteiger partial charge in [0, 0.05) is 42.9 Å². The molecule has 2 aliphatic rings. The first kappa shape index (κ1) is 22.7. The van der Waals surface area contributed by atoms with E-state index in [0.717, 1.165) is 27.9 Å². The maximum absolute atomic E-state index is 12.9. The lowest BCUT2D eigenvalue weighted by Crippen LogP contribution is -2.52. The number of benzene rings is 2. The molecule has 3 aromatic rings. The predicted octanol–water partition coefficient (Wildman–Crippen LogP) is 3.07. The summed E-state index contributed by atoms with van der Waals surface area (Å²) in [7, 11) is 0. The fraction of sp³-hybridized carbons (Fsp3) is 0.259. The third kappa shape index (κ3) is 4.65. The van der Waals surface area contributed by atoms with Gasteiger partial charge in [-0.2, -0.15) is 0 Å². The fourth-order valence-electron chi connectivity index (χ4n) is 4.63. The highest BCUT2D eigenvalue weighted by atomic mass is 16.3.